The van der Waals surface area contributed by atoms with Gasteiger partial charge in [-0.25, -0.2) is 4.98 Å². The minimum atomic E-state index is -0.446. The van der Waals surface area contributed by atoms with Gasteiger partial charge in [0.25, 0.3) is 0 Å². The van der Waals surface area contributed by atoms with E-state index >= 15 is 0 Å². The van der Waals surface area contributed by atoms with Crippen LogP contribution in [0, 0.1) is 5.92 Å². The number of nitrogens with one attached hydrogen (secondary N) is 1. The number of amides is 1. The number of rotatable bonds is 4. The molecular weight excluding hydrogens is 234 g/mol. The number of carbonyl (C=O) groups excluding carboxylic acids is 1. The van der Waals surface area contributed by atoms with E-state index in [0.717, 1.165) is 25.0 Å². The fraction of sp³-hybridized carbons (Fsp3) is 0.667. The molecule has 0 aromatic carbocycles. The first-order chi connectivity index (χ1) is 8.11. The largest absolute Gasteiger partial charge is 0.320 e. The Morgan fingerprint density at radius 2 is 2.35 bits per heavy atom. The van der Waals surface area contributed by atoms with Gasteiger partial charge in [0.2, 0.25) is 5.91 Å². The van der Waals surface area contributed by atoms with Gasteiger partial charge in [0.15, 0.2) is 5.13 Å². The molecule has 0 fully saturated rings. The van der Waals surface area contributed by atoms with Gasteiger partial charge >= 0.3 is 0 Å². The first kappa shape index (κ1) is 12.5. The van der Waals surface area contributed by atoms with Gasteiger partial charge in [-0.2, -0.15) is 0 Å². The zero-order chi connectivity index (χ0) is 12.4. The van der Waals surface area contributed by atoms with Crippen molar-refractivity contribution in [1.29, 1.82) is 0 Å². The number of hydrogen-bond donors (Lipinski definition) is 2. The van der Waals surface area contributed by atoms with Crippen molar-refractivity contribution in [2.75, 3.05) is 5.32 Å². The minimum Gasteiger partial charge on any atom is -0.320 e. The van der Waals surface area contributed by atoms with Crippen LogP contribution in [0.2, 0.25) is 0 Å². The molecule has 1 aliphatic rings. The lowest BCUT2D eigenvalue weighted by Gasteiger charge is -2.16. The van der Waals surface area contributed by atoms with Crippen LogP contribution in [0.15, 0.2) is 0 Å². The summed E-state index contributed by atoms with van der Waals surface area (Å²) < 4.78 is 0. The van der Waals surface area contributed by atoms with E-state index in [2.05, 4.69) is 10.3 Å². The van der Waals surface area contributed by atoms with Crippen molar-refractivity contribution in [2.45, 2.75) is 45.6 Å². The molecule has 1 aromatic rings. The van der Waals surface area contributed by atoms with Crippen LogP contribution in [0.1, 0.15) is 37.3 Å². The third-order valence-corrected chi connectivity index (χ3v) is 4.46. The first-order valence-electron chi connectivity index (χ1n) is 6.16. The summed E-state index contributed by atoms with van der Waals surface area (Å²) in [7, 11) is 0. The van der Waals surface area contributed by atoms with Crippen molar-refractivity contribution in [2.24, 2.45) is 11.7 Å². The second-order valence-electron chi connectivity index (χ2n) is 4.64. The van der Waals surface area contributed by atoms with Crippen LogP contribution in [0.5, 0.6) is 0 Å². The van der Waals surface area contributed by atoms with Gasteiger partial charge in [-0.05, 0) is 25.2 Å². The van der Waals surface area contributed by atoms with Crippen molar-refractivity contribution in [3.05, 3.63) is 10.6 Å². The van der Waals surface area contributed by atoms with E-state index in [1.165, 1.54) is 11.3 Å². The summed E-state index contributed by atoms with van der Waals surface area (Å²) in [5.41, 5.74) is 7.03. The molecule has 3 N–H and O–H groups in total. The van der Waals surface area contributed by atoms with E-state index < -0.39 is 6.04 Å². The Hall–Kier alpha value is -0.940. The molecule has 2 rings (SSSR count). The van der Waals surface area contributed by atoms with Crippen LogP contribution in [-0.4, -0.2) is 16.9 Å². The molecule has 0 spiro atoms. The summed E-state index contributed by atoms with van der Waals surface area (Å²) in [4.78, 5) is 17.6. The molecule has 0 aliphatic heterocycles. The SMILES string of the molecule is CC[C@H](C)[C@H](N)C(=O)Nc1nc2c(s1)CCC2. The monoisotopic (exact) mass is 253 g/mol. The fourth-order valence-electron chi connectivity index (χ4n) is 1.94. The zero-order valence-electron chi connectivity index (χ0n) is 10.3. The quantitative estimate of drug-likeness (QED) is 0.861. The summed E-state index contributed by atoms with van der Waals surface area (Å²) in [6.07, 6.45) is 4.23. The van der Waals surface area contributed by atoms with Crippen molar-refractivity contribution in [1.82, 2.24) is 4.98 Å². The Labute approximate surface area is 106 Å². The molecule has 5 heteroatoms. The summed E-state index contributed by atoms with van der Waals surface area (Å²) in [5.74, 6) is 0.0774. The van der Waals surface area contributed by atoms with Gasteiger partial charge in [0, 0.05) is 4.88 Å². The van der Waals surface area contributed by atoms with E-state index in [-0.39, 0.29) is 11.8 Å². The maximum absolute atomic E-state index is 11.9. The number of aryl methyl sites for hydroxylation is 2. The molecule has 0 saturated heterocycles. The molecule has 94 valence electrons. The average molecular weight is 253 g/mol. The highest BCUT2D eigenvalue weighted by molar-refractivity contribution is 7.15. The highest BCUT2D eigenvalue weighted by Crippen LogP contribution is 2.30. The molecule has 2 atom stereocenters. The zero-order valence-corrected chi connectivity index (χ0v) is 11.1. The van der Waals surface area contributed by atoms with Gasteiger partial charge in [-0.15, -0.1) is 11.3 Å². The number of fused-ring (bicyclic) bond motifs is 1. The number of nitrogens with zero attached hydrogens (tertiary/aromatic N) is 1. The Morgan fingerprint density at radius 1 is 1.59 bits per heavy atom. The third-order valence-electron chi connectivity index (χ3n) is 3.39. The molecule has 0 unspecified atom stereocenters. The maximum atomic E-state index is 11.9. The van der Waals surface area contributed by atoms with Gasteiger partial charge in [-0.1, -0.05) is 20.3 Å². The fourth-order valence-corrected chi connectivity index (χ4v) is 3.00. The van der Waals surface area contributed by atoms with Crippen molar-refractivity contribution in [3.63, 3.8) is 0 Å². The third kappa shape index (κ3) is 2.66. The molecule has 0 radical (unpaired) electrons. The Balaban J connectivity index is 1.98. The highest BCUT2D eigenvalue weighted by atomic mass is 32.1. The lowest BCUT2D eigenvalue weighted by atomic mass is 10.00. The normalized spacial score (nSPS) is 17.6. The summed E-state index contributed by atoms with van der Waals surface area (Å²) in [6, 6.07) is -0.446. The molecule has 0 bridgehead atoms. The van der Waals surface area contributed by atoms with Crippen LogP contribution < -0.4 is 11.1 Å². The Kier molecular flexibility index (Phi) is 3.79. The summed E-state index contributed by atoms with van der Waals surface area (Å²) >= 11 is 1.59. The topological polar surface area (TPSA) is 68.0 Å². The standard InChI is InChI=1S/C12H19N3OS/c1-3-7(2)10(13)11(16)15-12-14-8-5-4-6-9(8)17-12/h7,10H,3-6,13H2,1-2H3,(H,14,15,16)/t7-,10-/m0/s1. The lowest BCUT2D eigenvalue weighted by Crippen LogP contribution is -2.40. The van der Waals surface area contributed by atoms with Gasteiger partial charge in [-0.3, -0.25) is 4.79 Å². The second kappa shape index (κ2) is 5.14. The number of carbonyl (C=O) groups is 1. The summed E-state index contributed by atoms with van der Waals surface area (Å²) in [6.45, 7) is 4.03. The van der Waals surface area contributed by atoms with Crippen LogP contribution in [0.25, 0.3) is 0 Å². The van der Waals surface area contributed by atoms with Crippen LogP contribution in [0.4, 0.5) is 5.13 Å². The molecule has 17 heavy (non-hydrogen) atoms. The van der Waals surface area contributed by atoms with Gasteiger partial charge < -0.3 is 11.1 Å². The number of nitrogens with two attached hydrogens (primary N) is 1. The van der Waals surface area contributed by atoms with Crippen molar-refractivity contribution < 1.29 is 4.79 Å². The summed E-state index contributed by atoms with van der Waals surface area (Å²) in [5, 5.41) is 3.54. The van der Waals surface area contributed by atoms with Crippen LogP contribution in [0.3, 0.4) is 0 Å². The van der Waals surface area contributed by atoms with E-state index in [0.29, 0.717) is 5.13 Å². The molecule has 1 aromatic heterocycles. The smallest absolute Gasteiger partial charge is 0.243 e. The second-order valence-corrected chi connectivity index (χ2v) is 5.73. The lowest BCUT2D eigenvalue weighted by molar-refractivity contribution is -0.118. The molecule has 1 heterocycles. The first-order valence-corrected chi connectivity index (χ1v) is 6.98. The molecule has 1 amide bonds. The number of aromatic nitrogens is 1. The van der Waals surface area contributed by atoms with Crippen LogP contribution >= 0.6 is 11.3 Å². The van der Waals surface area contributed by atoms with Crippen LogP contribution in [-0.2, 0) is 17.6 Å². The molecule has 0 saturated carbocycles. The maximum Gasteiger partial charge on any atom is 0.243 e. The molecule has 4 nitrogen and oxygen atoms in total. The Morgan fingerprint density at radius 3 is 3.00 bits per heavy atom. The predicted octanol–water partition coefficient (Wildman–Crippen LogP) is 1.94. The minimum absolute atomic E-state index is 0.119. The molecular formula is C12H19N3OS. The van der Waals surface area contributed by atoms with E-state index in [9.17, 15) is 4.79 Å². The Bertz CT molecular complexity index is 394. The average Bonchev–Trinajstić information content (AvgIpc) is 2.87. The van der Waals surface area contributed by atoms with E-state index in [1.807, 2.05) is 13.8 Å². The van der Waals surface area contributed by atoms with Gasteiger partial charge in [0.1, 0.15) is 0 Å². The molecule has 1 aliphatic carbocycles. The number of thiazole rings is 1. The van der Waals surface area contributed by atoms with E-state index in [1.54, 1.807) is 11.3 Å². The van der Waals surface area contributed by atoms with Crippen molar-refractivity contribution in [3.8, 4) is 0 Å². The highest BCUT2D eigenvalue weighted by Gasteiger charge is 2.22. The predicted molar refractivity (Wildman–Crippen MR) is 70.2 cm³/mol. The number of hydrogen-bond acceptors (Lipinski definition) is 4. The van der Waals surface area contributed by atoms with Crippen molar-refractivity contribution >= 4 is 22.4 Å². The van der Waals surface area contributed by atoms with E-state index in [4.69, 9.17) is 5.73 Å². The number of anilines is 1. The van der Waals surface area contributed by atoms with Gasteiger partial charge in [0.05, 0.1) is 11.7 Å².